The van der Waals surface area contributed by atoms with Gasteiger partial charge in [0.1, 0.15) is 52.8 Å². The van der Waals surface area contributed by atoms with Crippen molar-refractivity contribution in [2.45, 2.75) is 147 Å². The monoisotopic (exact) mass is 870 g/mol. The fraction of sp³-hybridized carbons (Fsp3) is 0.604. The van der Waals surface area contributed by atoms with Crippen molar-refractivity contribution in [1.29, 1.82) is 5.26 Å². The summed E-state index contributed by atoms with van der Waals surface area (Å²) < 4.78 is 38.8. The molecule has 338 valence electrons. The van der Waals surface area contributed by atoms with Gasteiger partial charge < -0.3 is 48.8 Å². The Morgan fingerprint density at radius 1 is 1.03 bits per heavy atom. The number of rotatable bonds is 12. The fourth-order valence-corrected chi connectivity index (χ4v) is 11.0. The highest BCUT2D eigenvalue weighted by molar-refractivity contribution is 6.10. The summed E-state index contributed by atoms with van der Waals surface area (Å²) in [5, 5.41) is 53.4. The maximum absolute atomic E-state index is 16.2. The number of benzene rings is 1. The number of carbonyl (C=O) groups excluding carboxylic acids is 3. The summed E-state index contributed by atoms with van der Waals surface area (Å²) in [6.07, 6.45) is 2.03. The van der Waals surface area contributed by atoms with Crippen LogP contribution in [0.2, 0.25) is 0 Å². The van der Waals surface area contributed by atoms with Gasteiger partial charge in [0.25, 0.3) is 0 Å². The molecule has 8 rings (SSSR count). The lowest BCUT2D eigenvalue weighted by molar-refractivity contribution is -0.277. The highest BCUT2D eigenvalue weighted by atomic mass is 16.7. The molecular weight excluding hydrogens is 813 g/mol. The number of carbonyl (C=O) groups is 3. The third kappa shape index (κ3) is 7.12. The van der Waals surface area contributed by atoms with Crippen molar-refractivity contribution in [2.75, 3.05) is 13.7 Å². The van der Waals surface area contributed by atoms with Crippen molar-refractivity contribution < 1.29 is 63.2 Å². The first-order valence-corrected chi connectivity index (χ1v) is 21.5. The van der Waals surface area contributed by atoms with Crippen molar-refractivity contribution in [1.82, 2.24) is 0 Å². The van der Waals surface area contributed by atoms with E-state index in [0.29, 0.717) is 18.4 Å². The van der Waals surface area contributed by atoms with E-state index >= 15 is 9.59 Å². The van der Waals surface area contributed by atoms with Crippen LogP contribution in [0.15, 0.2) is 41.0 Å². The lowest BCUT2D eigenvalue weighted by Gasteiger charge is -2.62. The first-order chi connectivity index (χ1) is 29.7. The Morgan fingerprint density at radius 3 is 2.35 bits per heavy atom. The molecule has 0 aromatic heterocycles. The molecule has 1 aromatic rings. The first-order valence-electron chi connectivity index (χ1n) is 21.5. The van der Waals surface area contributed by atoms with Gasteiger partial charge in [0.2, 0.25) is 6.29 Å². The SMILES string of the molecule is [C-]#[N+]C(C#N)C1C2CC3C(C)(C)OC(C/C=C(/C)C(=O)OC)(C2=O)C32Oc3c(CC=C(C)C)c4c(c(O[C@@H]5O[C@H](CO)[C@@H](O)[C@H](O)[C@H]5O)c3C(=O)C12)C=CC(C)(CCC=C(C)C)O4. The third-order valence-corrected chi connectivity index (χ3v) is 14.0. The number of allylic oxidation sites excluding steroid dienone is 4. The molecule has 1 spiro atoms. The van der Waals surface area contributed by atoms with E-state index in [4.69, 9.17) is 35.0 Å². The Morgan fingerprint density at radius 2 is 1.73 bits per heavy atom. The summed E-state index contributed by atoms with van der Waals surface area (Å²) in [6, 6.07) is 0.608. The zero-order valence-corrected chi connectivity index (χ0v) is 37.3. The standard InChI is InChI=1S/C48H58N2O13/c1-23(2)12-11-17-46(8)18-16-27-39(61-46)26(14-13-24(3)4)41-33(40(27)60-44-38(55)37(54)35(52)30(22-51)59-44)36(53)34-32(29(21-49)50-9)28-20-31-45(6,7)63-47(42(28)56,48(31,34)62-41)19-15-25(5)43(57)58-10/h12-13,15-16,18,28-32,34-35,37-38,44,51-52,54-55H,11,14,17,19-20,22H2,1-8,10H3/b25-15-/t28?,29?,30-,31?,32?,34?,35-,37+,38-,44+,46?,47?,48?/m1/s1. The molecular formula is C48H58N2O13. The lowest BCUT2D eigenvalue weighted by atomic mass is 9.42. The van der Waals surface area contributed by atoms with Gasteiger partial charge in [0.05, 0.1) is 36.7 Å². The number of aliphatic hydroxyl groups excluding tert-OH is 4. The van der Waals surface area contributed by atoms with E-state index in [0.717, 1.165) is 11.1 Å². The molecule has 0 amide bonds. The van der Waals surface area contributed by atoms with Crippen molar-refractivity contribution in [3.05, 3.63) is 69.1 Å². The number of hydrogen-bond donors (Lipinski definition) is 4. The molecule has 15 nitrogen and oxygen atoms in total. The molecule has 4 N–H and O–H groups in total. The molecule has 3 saturated carbocycles. The normalized spacial score (nSPS) is 36.0. The van der Waals surface area contributed by atoms with Crippen LogP contribution in [-0.2, 0) is 30.2 Å². The van der Waals surface area contributed by atoms with E-state index in [1.54, 1.807) is 19.1 Å². The average Bonchev–Trinajstić information content (AvgIpc) is 3.38. The molecule has 0 radical (unpaired) electrons. The molecule has 4 heterocycles. The second-order valence-corrected chi connectivity index (χ2v) is 19.0. The second-order valence-electron chi connectivity index (χ2n) is 19.0. The number of ether oxygens (including phenoxy) is 6. The van der Waals surface area contributed by atoms with Crippen LogP contribution in [0, 0.1) is 41.6 Å². The van der Waals surface area contributed by atoms with Gasteiger partial charge in [-0.2, -0.15) is 5.26 Å². The molecule has 15 heteroatoms. The van der Waals surface area contributed by atoms with E-state index in [-0.39, 0.29) is 53.2 Å². The van der Waals surface area contributed by atoms with Gasteiger partial charge in [-0.15, -0.1) is 0 Å². The van der Waals surface area contributed by atoms with Gasteiger partial charge in [-0.05, 0) is 93.2 Å². The molecule has 4 aliphatic heterocycles. The number of nitrogens with zero attached hydrogens (tertiary/aromatic N) is 2. The summed E-state index contributed by atoms with van der Waals surface area (Å²) in [6.45, 7) is 22.4. The Balaban J connectivity index is 1.56. The van der Waals surface area contributed by atoms with E-state index in [1.807, 2.05) is 60.6 Å². The number of nitriles is 1. The average molecular weight is 871 g/mol. The molecule has 13 atom stereocenters. The van der Waals surface area contributed by atoms with Crippen LogP contribution in [0.3, 0.4) is 0 Å². The van der Waals surface area contributed by atoms with Gasteiger partial charge in [-0.1, -0.05) is 29.4 Å². The number of ketones is 2. The molecule has 5 fully saturated rings. The first kappa shape index (κ1) is 46.1. The largest absolute Gasteiger partial charge is 0.482 e. The van der Waals surface area contributed by atoms with Crippen molar-refractivity contribution in [2.24, 2.45) is 23.7 Å². The van der Waals surface area contributed by atoms with Crippen LogP contribution < -0.4 is 14.2 Å². The number of Topliss-reactive ketones (excluding diaryl/α,β-unsaturated/α-hetero) is 2. The summed E-state index contributed by atoms with van der Waals surface area (Å²) in [7, 11) is 1.24. The van der Waals surface area contributed by atoms with Crippen LogP contribution >= 0.6 is 0 Å². The van der Waals surface area contributed by atoms with E-state index in [2.05, 4.69) is 17.0 Å². The molecule has 2 saturated heterocycles. The van der Waals surface area contributed by atoms with Gasteiger partial charge >= 0.3 is 12.0 Å². The maximum atomic E-state index is 16.2. The maximum Gasteiger partial charge on any atom is 0.333 e. The molecule has 3 aliphatic carbocycles. The zero-order chi connectivity index (χ0) is 46.1. The van der Waals surface area contributed by atoms with Gasteiger partial charge in [-0.25, -0.2) is 11.4 Å². The predicted molar refractivity (Wildman–Crippen MR) is 226 cm³/mol. The Bertz CT molecular complexity index is 2280. The predicted octanol–water partition coefficient (Wildman–Crippen LogP) is 4.92. The number of aliphatic hydroxyl groups is 4. The molecule has 1 aromatic carbocycles. The minimum atomic E-state index is -1.89. The van der Waals surface area contributed by atoms with Crippen LogP contribution in [-0.4, -0.2) is 111 Å². The minimum Gasteiger partial charge on any atom is -0.482 e. The smallest absolute Gasteiger partial charge is 0.333 e. The molecule has 7 aliphatic rings. The zero-order valence-electron chi connectivity index (χ0n) is 37.3. The Kier molecular flexibility index (Phi) is 12.2. The van der Waals surface area contributed by atoms with Crippen LogP contribution in [0.25, 0.3) is 10.9 Å². The van der Waals surface area contributed by atoms with Crippen molar-refractivity contribution >= 4 is 23.6 Å². The summed E-state index contributed by atoms with van der Waals surface area (Å²) in [4.78, 5) is 47.9. The van der Waals surface area contributed by atoms with Crippen LogP contribution in [0.1, 0.15) is 103 Å². The van der Waals surface area contributed by atoms with Crippen LogP contribution in [0.5, 0.6) is 17.2 Å². The van der Waals surface area contributed by atoms with Gasteiger partial charge in [0, 0.05) is 29.4 Å². The number of fused-ring (bicyclic) bond motifs is 2. The molecule has 63 heavy (non-hydrogen) atoms. The van der Waals surface area contributed by atoms with E-state index < -0.39 is 107 Å². The molecule has 4 bridgehead atoms. The quantitative estimate of drug-likeness (QED) is 0.0950. The van der Waals surface area contributed by atoms with Gasteiger partial charge in [0.15, 0.2) is 28.8 Å². The van der Waals surface area contributed by atoms with Gasteiger partial charge in [-0.3, -0.25) is 14.4 Å². The number of hydrogen-bond acceptors (Lipinski definition) is 14. The fourth-order valence-electron chi connectivity index (χ4n) is 11.0. The summed E-state index contributed by atoms with van der Waals surface area (Å²) in [5.41, 5.74) is -2.89. The van der Waals surface area contributed by atoms with E-state index in [1.165, 1.54) is 7.11 Å². The van der Waals surface area contributed by atoms with E-state index in [9.17, 15) is 30.5 Å². The number of methoxy groups -OCH3 is 1. The Hall–Kier alpha value is -4.87. The molecule has 8 unspecified atom stereocenters. The van der Waals surface area contributed by atoms with Crippen LogP contribution in [0.4, 0.5) is 0 Å². The van der Waals surface area contributed by atoms with Crippen molar-refractivity contribution in [3.63, 3.8) is 0 Å². The Labute approximate surface area is 367 Å². The second kappa shape index (κ2) is 16.6. The number of esters is 1. The highest BCUT2D eigenvalue weighted by Crippen LogP contribution is 2.72. The highest BCUT2D eigenvalue weighted by Gasteiger charge is 2.86. The lowest BCUT2D eigenvalue weighted by Crippen LogP contribution is -2.79. The topological polar surface area (TPSA) is 216 Å². The minimum absolute atomic E-state index is 0.00148. The summed E-state index contributed by atoms with van der Waals surface area (Å²) in [5.74, 6) is -5.73. The third-order valence-electron chi connectivity index (χ3n) is 14.0. The summed E-state index contributed by atoms with van der Waals surface area (Å²) >= 11 is 0. The van der Waals surface area contributed by atoms with Crippen molar-refractivity contribution in [3.8, 4) is 23.3 Å².